The molecule has 0 bridgehead atoms. The third-order valence-electron chi connectivity index (χ3n) is 2.63. The van der Waals surface area contributed by atoms with Crippen LogP contribution in [0.4, 0.5) is 4.79 Å². The number of rotatable bonds is 4. The summed E-state index contributed by atoms with van der Waals surface area (Å²) in [6, 6.07) is 0. The Morgan fingerprint density at radius 1 is 1.53 bits per heavy atom. The smallest absolute Gasteiger partial charge is 0.409 e. The van der Waals surface area contributed by atoms with Crippen LogP contribution in [0.25, 0.3) is 0 Å². The second-order valence-corrected chi connectivity index (χ2v) is 3.66. The molecule has 1 heterocycles. The third kappa shape index (κ3) is 3.77. The lowest BCUT2D eigenvalue weighted by Gasteiger charge is -2.30. The lowest BCUT2D eigenvalue weighted by Crippen LogP contribution is -2.40. The van der Waals surface area contributed by atoms with Crippen LogP contribution < -0.4 is 5.32 Å². The molecule has 0 aromatic heterocycles. The Bertz CT molecular complexity index is 213. The molecule has 86 valence electrons. The van der Waals surface area contributed by atoms with Crippen molar-refractivity contribution in [3.8, 4) is 0 Å². The highest BCUT2D eigenvalue weighted by Crippen LogP contribution is 2.16. The lowest BCUT2D eigenvalue weighted by atomic mass is 9.97. The monoisotopic (exact) mass is 214 g/mol. The van der Waals surface area contributed by atoms with Gasteiger partial charge in [-0.1, -0.05) is 0 Å². The van der Waals surface area contributed by atoms with E-state index in [0.29, 0.717) is 19.1 Å². The number of ether oxygens (including phenoxy) is 1. The van der Waals surface area contributed by atoms with E-state index in [4.69, 9.17) is 4.74 Å². The van der Waals surface area contributed by atoms with E-state index in [1.54, 1.807) is 11.8 Å². The Labute approximate surface area is 89.8 Å². The Morgan fingerprint density at radius 2 is 2.20 bits per heavy atom. The molecule has 0 atom stereocenters. The lowest BCUT2D eigenvalue weighted by molar-refractivity contribution is -0.109. The van der Waals surface area contributed by atoms with E-state index in [2.05, 4.69) is 5.32 Å². The molecular formula is C10H18N2O3. The molecular weight excluding hydrogens is 196 g/mol. The summed E-state index contributed by atoms with van der Waals surface area (Å²) in [5.74, 6) is 0.487. The number of carbonyl (C=O) groups excluding carboxylic acids is 2. The molecule has 0 aliphatic carbocycles. The molecule has 0 spiro atoms. The van der Waals surface area contributed by atoms with Gasteiger partial charge >= 0.3 is 6.09 Å². The topological polar surface area (TPSA) is 58.6 Å². The average molecular weight is 214 g/mol. The van der Waals surface area contributed by atoms with Gasteiger partial charge in [-0.25, -0.2) is 4.79 Å². The maximum atomic E-state index is 11.4. The minimum Gasteiger partial charge on any atom is -0.450 e. The fraction of sp³-hybridized carbons (Fsp3) is 0.800. The largest absolute Gasteiger partial charge is 0.450 e. The predicted molar refractivity (Wildman–Crippen MR) is 55.4 cm³/mol. The highest BCUT2D eigenvalue weighted by Gasteiger charge is 2.22. The molecule has 5 heteroatoms. The Morgan fingerprint density at radius 3 is 2.73 bits per heavy atom. The van der Waals surface area contributed by atoms with Crippen molar-refractivity contribution in [3.05, 3.63) is 0 Å². The van der Waals surface area contributed by atoms with Crippen LogP contribution in [-0.2, 0) is 9.53 Å². The van der Waals surface area contributed by atoms with Crippen LogP contribution in [0.3, 0.4) is 0 Å². The van der Waals surface area contributed by atoms with Gasteiger partial charge in [0, 0.05) is 19.6 Å². The predicted octanol–water partition coefficient (Wildman–Crippen LogP) is 0.601. The summed E-state index contributed by atoms with van der Waals surface area (Å²) in [6.07, 6.45) is 2.36. The van der Waals surface area contributed by atoms with E-state index in [1.165, 1.54) is 0 Å². The Balaban J connectivity index is 2.23. The van der Waals surface area contributed by atoms with E-state index < -0.39 is 0 Å². The molecule has 5 nitrogen and oxygen atoms in total. The number of nitrogens with zero attached hydrogens (tertiary/aromatic N) is 1. The fourth-order valence-corrected chi connectivity index (χ4v) is 1.75. The summed E-state index contributed by atoms with van der Waals surface area (Å²) in [4.78, 5) is 23.2. The first-order chi connectivity index (χ1) is 7.27. The number of amides is 2. The fourth-order valence-electron chi connectivity index (χ4n) is 1.75. The number of hydrogen-bond donors (Lipinski definition) is 1. The van der Waals surface area contributed by atoms with Crippen molar-refractivity contribution in [2.75, 3.05) is 26.2 Å². The molecule has 1 aliphatic heterocycles. The van der Waals surface area contributed by atoms with Gasteiger partial charge in [0.2, 0.25) is 6.41 Å². The summed E-state index contributed by atoms with van der Waals surface area (Å²) >= 11 is 0. The van der Waals surface area contributed by atoms with E-state index >= 15 is 0 Å². The summed E-state index contributed by atoms with van der Waals surface area (Å²) < 4.78 is 4.91. The first-order valence-corrected chi connectivity index (χ1v) is 5.36. The first-order valence-electron chi connectivity index (χ1n) is 5.36. The first kappa shape index (κ1) is 11.8. The maximum Gasteiger partial charge on any atom is 0.409 e. The van der Waals surface area contributed by atoms with Crippen molar-refractivity contribution < 1.29 is 14.3 Å². The SMILES string of the molecule is CCOC(=O)N1CCC(CNC=O)CC1. The molecule has 15 heavy (non-hydrogen) atoms. The summed E-state index contributed by atoms with van der Waals surface area (Å²) in [6.45, 7) is 4.39. The molecule has 0 radical (unpaired) electrons. The number of nitrogens with one attached hydrogen (secondary N) is 1. The number of hydrogen-bond acceptors (Lipinski definition) is 3. The molecule has 0 aromatic rings. The Kier molecular flexibility index (Phi) is 4.93. The van der Waals surface area contributed by atoms with E-state index in [1.807, 2.05) is 0 Å². The van der Waals surface area contributed by atoms with Gasteiger partial charge in [0.25, 0.3) is 0 Å². The molecule has 0 unspecified atom stereocenters. The van der Waals surface area contributed by atoms with Crippen LogP contribution in [-0.4, -0.2) is 43.6 Å². The van der Waals surface area contributed by atoms with Crippen LogP contribution in [0.15, 0.2) is 0 Å². The van der Waals surface area contributed by atoms with Crippen molar-refractivity contribution in [1.82, 2.24) is 10.2 Å². The third-order valence-corrected chi connectivity index (χ3v) is 2.63. The molecule has 1 aliphatic rings. The van der Waals surface area contributed by atoms with Crippen molar-refractivity contribution in [2.45, 2.75) is 19.8 Å². The molecule has 1 rings (SSSR count). The summed E-state index contributed by atoms with van der Waals surface area (Å²) in [7, 11) is 0. The number of piperidine rings is 1. The van der Waals surface area contributed by atoms with Gasteiger partial charge < -0.3 is 15.0 Å². The minimum absolute atomic E-state index is 0.223. The van der Waals surface area contributed by atoms with Crippen LogP contribution in [0.5, 0.6) is 0 Å². The van der Waals surface area contributed by atoms with E-state index in [-0.39, 0.29) is 6.09 Å². The minimum atomic E-state index is -0.223. The standard InChI is InChI=1S/C10H18N2O3/c1-2-15-10(14)12-5-3-9(4-6-12)7-11-8-13/h8-9H,2-7H2,1H3,(H,11,13). The molecule has 0 saturated carbocycles. The van der Waals surface area contributed by atoms with Crippen molar-refractivity contribution in [1.29, 1.82) is 0 Å². The van der Waals surface area contributed by atoms with Crippen LogP contribution in [0.2, 0.25) is 0 Å². The van der Waals surface area contributed by atoms with Gasteiger partial charge in [0.1, 0.15) is 0 Å². The zero-order valence-corrected chi connectivity index (χ0v) is 9.07. The van der Waals surface area contributed by atoms with Gasteiger partial charge in [-0.2, -0.15) is 0 Å². The van der Waals surface area contributed by atoms with Crippen molar-refractivity contribution in [2.24, 2.45) is 5.92 Å². The van der Waals surface area contributed by atoms with E-state index in [9.17, 15) is 9.59 Å². The number of carbonyl (C=O) groups is 2. The maximum absolute atomic E-state index is 11.4. The van der Waals surface area contributed by atoms with Crippen molar-refractivity contribution >= 4 is 12.5 Å². The normalized spacial score (nSPS) is 17.3. The van der Waals surface area contributed by atoms with Crippen molar-refractivity contribution in [3.63, 3.8) is 0 Å². The summed E-state index contributed by atoms with van der Waals surface area (Å²) in [5.41, 5.74) is 0. The summed E-state index contributed by atoms with van der Waals surface area (Å²) in [5, 5.41) is 2.67. The van der Waals surface area contributed by atoms with Gasteiger partial charge in [-0.3, -0.25) is 4.79 Å². The Hall–Kier alpha value is -1.26. The van der Waals surface area contributed by atoms with Gasteiger partial charge in [0.15, 0.2) is 0 Å². The zero-order valence-electron chi connectivity index (χ0n) is 9.07. The van der Waals surface area contributed by atoms with Gasteiger partial charge in [-0.05, 0) is 25.7 Å². The quantitative estimate of drug-likeness (QED) is 0.697. The highest BCUT2D eigenvalue weighted by atomic mass is 16.6. The highest BCUT2D eigenvalue weighted by molar-refractivity contribution is 5.67. The molecule has 1 N–H and O–H groups in total. The van der Waals surface area contributed by atoms with Crippen LogP contribution in [0, 0.1) is 5.92 Å². The second kappa shape index (κ2) is 6.27. The molecule has 2 amide bonds. The van der Waals surface area contributed by atoms with Crippen LogP contribution in [0.1, 0.15) is 19.8 Å². The number of likely N-dealkylation sites (tertiary alicyclic amines) is 1. The average Bonchev–Trinajstić information content (AvgIpc) is 2.27. The molecule has 1 fully saturated rings. The zero-order chi connectivity index (χ0) is 11.1. The second-order valence-electron chi connectivity index (χ2n) is 3.66. The van der Waals surface area contributed by atoms with Crippen LogP contribution >= 0.6 is 0 Å². The van der Waals surface area contributed by atoms with E-state index in [0.717, 1.165) is 32.3 Å². The molecule has 1 saturated heterocycles. The van der Waals surface area contributed by atoms with Gasteiger partial charge in [-0.15, -0.1) is 0 Å². The molecule has 0 aromatic carbocycles. The van der Waals surface area contributed by atoms with Gasteiger partial charge in [0.05, 0.1) is 6.61 Å².